The summed E-state index contributed by atoms with van der Waals surface area (Å²) in [6.07, 6.45) is 2.07. The van der Waals surface area contributed by atoms with Gasteiger partial charge in [0.25, 0.3) is 5.91 Å². The fourth-order valence-corrected chi connectivity index (χ4v) is 2.48. The van der Waals surface area contributed by atoms with E-state index in [1.165, 1.54) is 0 Å². The van der Waals surface area contributed by atoms with E-state index in [9.17, 15) is 4.79 Å². The van der Waals surface area contributed by atoms with Gasteiger partial charge in [-0.15, -0.1) is 0 Å². The van der Waals surface area contributed by atoms with Crippen LogP contribution >= 0.6 is 0 Å². The van der Waals surface area contributed by atoms with Crippen LogP contribution in [-0.4, -0.2) is 51.1 Å². The number of carbonyl (C=O) groups is 1. The Bertz CT molecular complexity index is 439. The molecule has 0 radical (unpaired) electrons. The summed E-state index contributed by atoms with van der Waals surface area (Å²) in [7, 11) is 5.89. The molecule has 0 aromatic heterocycles. The Morgan fingerprint density at radius 2 is 1.89 bits per heavy atom. The zero-order valence-corrected chi connectivity index (χ0v) is 12.0. The van der Waals surface area contributed by atoms with Crippen LogP contribution in [0.3, 0.4) is 0 Å². The molecule has 1 aromatic rings. The molecule has 1 fully saturated rings. The third kappa shape index (κ3) is 3.26. The molecule has 0 unspecified atom stereocenters. The number of carbonyl (C=O) groups excluding carboxylic acids is 1. The maximum Gasteiger partial charge on any atom is 0.253 e. The fourth-order valence-electron chi connectivity index (χ4n) is 2.48. The molecule has 0 atom stereocenters. The highest BCUT2D eigenvalue weighted by atomic mass is 16.2. The van der Waals surface area contributed by atoms with Crippen molar-refractivity contribution in [1.29, 1.82) is 0 Å². The van der Waals surface area contributed by atoms with Gasteiger partial charge in [-0.1, -0.05) is 6.07 Å². The number of benzene rings is 1. The van der Waals surface area contributed by atoms with Crippen molar-refractivity contribution >= 4 is 11.6 Å². The van der Waals surface area contributed by atoms with E-state index in [0.29, 0.717) is 6.04 Å². The number of nitrogens with one attached hydrogen (secondary N) is 1. The Morgan fingerprint density at radius 1 is 1.21 bits per heavy atom. The van der Waals surface area contributed by atoms with Crippen molar-refractivity contribution in [2.45, 2.75) is 18.9 Å². The molecule has 1 N–H and O–H groups in total. The molecule has 104 valence electrons. The van der Waals surface area contributed by atoms with Crippen LogP contribution in [0.4, 0.5) is 5.69 Å². The van der Waals surface area contributed by atoms with Crippen LogP contribution in [0.25, 0.3) is 0 Å². The minimum absolute atomic E-state index is 0.121. The lowest BCUT2D eigenvalue weighted by Crippen LogP contribution is -2.43. The first kappa shape index (κ1) is 13.9. The van der Waals surface area contributed by atoms with Gasteiger partial charge in [-0.05, 0) is 44.1 Å². The molecule has 1 saturated heterocycles. The minimum Gasteiger partial charge on any atom is -0.378 e. The summed E-state index contributed by atoms with van der Waals surface area (Å²) in [6.45, 7) is 2.00. The van der Waals surface area contributed by atoms with Crippen molar-refractivity contribution < 1.29 is 4.79 Å². The Kier molecular flexibility index (Phi) is 4.43. The van der Waals surface area contributed by atoms with Crippen LogP contribution in [0.5, 0.6) is 0 Å². The van der Waals surface area contributed by atoms with Gasteiger partial charge in [0.1, 0.15) is 0 Å². The molecular weight excluding hydrogens is 238 g/mol. The molecule has 0 bridgehead atoms. The summed E-state index contributed by atoms with van der Waals surface area (Å²) in [6, 6.07) is 8.17. The maximum atomic E-state index is 12.5. The quantitative estimate of drug-likeness (QED) is 0.897. The summed E-state index contributed by atoms with van der Waals surface area (Å²) < 4.78 is 0. The van der Waals surface area contributed by atoms with Gasteiger partial charge >= 0.3 is 0 Å². The van der Waals surface area contributed by atoms with Gasteiger partial charge in [-0.3, -0.25) is 4.79 Å². The van der Waals surface area contributed by atoms with Crippen LogP contribution in [0.15, 0.2) is 24.3 Å². The number of hydrogen-bond donors (Lipinski definition) is 1. The van der Waals surface area contributed by atoms with Crippen molar-refractivity contribution in [3.8, 4) is 0 Å². The second-order valence-electron chi connectivity index (χ2n) is 5.34. The fraction of sp³-hybridized carbons (Fsp3) is 0.533. The number of amides is 1. The minimum atomic E-state index is 0.121. The van der Waals surface area contributed by atoms with E-state index in [1.54, 1.807) is 0 Å². The number of rotatable bonds is 3. The molecular formula is C15H23N3O. The van der Waals surface area contributed by atoms with E-state index in [1.807, 2.05) is 55.2 Å². The molecule has 0 aliphatic carbocycles. The van der Waals surface area contributed by atoms with Crippen molar-refractivity contribution in [3.63, 3.8) is 0 Å². The molecule has 0 saturated carbocycles. The zero-order valence-electron chi connectivity index (χ0n) is 12.0. The third-order valence-electron chi connectivity index (χ3n) is 3.79. The Hall–Kier alpha value is -1.55. The SMILES string of the molecule is CN(C)c1cccc(C(=O)N(C)C2CCNCC2)c1. The van der Waals surface area contributed by atoms with Gasteiger partial charge in [0, 0.05) is 38.4 Å². The molecule has 1 aliphatic rings. The second kappa shape index (κ2) is 6.06. The van der Waals surface area contributed by atoms with E-state index in [4.69, 9.17) is 0 Å². The topological polar surface area (TPSA) is 35.6 Å². The van der Waals surface area contributed by atoms with Gasteiger partial charge in [0.15, 0.2) is 0 Å². The van der Waals surface area contributed by atoms with Crippen LogP contribution < -0.4 is 10.2 Å². The predicted molar refractivity (Wildman–Crippen MR) is 78.8 cm³/mol. The van der Waals surface area contributed by atoms with E-state index in [-0.39, 0.29) is 5.91 Å². The van der Waals surface area contributed by atoms with Crippen LogP contribution in [0.2, 0.25) is 0 Å². The Labute approximate surface area is 115 Å². The number of nitrogens with zero attached hydrogens (tertiary/aromatic N) is 2. The molecule has 1 aliphatic heterocycles. The van der Waals surface area contributed by atoms with Crippen molar-refractivity contribution in [2.24, 2.45) is 0 Å². The monoisotopic (exact) mass is 261 g/mol. The first-order valence-electron chi connectivity index (χ1n) is 6.85. The summed E-state index contributed by atoms with van der Waals surface area (Å²) in [5.74, 6) is 0.121. The van der Waals surface area contributed by atoms with Crippen LogP contribution in [-0.2, 0) is 0 Å². The largest absolute Gasteiger partial charge is 0.378 e. The number of hydrogen-bond acceptors (Lipinski definition) is 3. The standard InChI is InChI=1S/C15H23N3O/c1-17(2)14-6-4-5-12(11-14)15(19)18(3)13-7-9-16-10-8-13/h4-6,11,13,16H,7-10H2,1-3H3. The smallest absolute Gasteiger partial charge is 0.253 e. The Balaban J connectivity index is 2.11. The summed E-state index contributed by atoms with van der Waals surface area (Å²) in [5.41, 5.74) is 1.83. The average molecular weight is 261 g/mol. The lowest BCUT2D eigenvalue weighted by Gasteiger charge is -2.31. The van der Waals surface area contributed by atoms with Gasteiger partial charge in [0.05, 0.1) is 0 Å². The normalized spacial score (nSPS) is 16.2. The average Bonchev–Trinajstić information content (AvgIpc) is 2.46. The lowest BCUT2D eigenvalue weighted by molar-refractivity contribution is 0.0703. The second-order valence-corrected chi connectivity index (χ2v) is 5.34. The van der Waals surface area contributed by atoms with E-state index >= 15 is 0 Å². The highest BCUT2D eigenvalue weighted by Gasteiger charge is 2.22. The highest BCUT2D eigenvalue weighted by molar-refractivity contribution is 5.95. The number of piperidine rings is 1. The molecule has 2 rings (SSSR count). The first-order chi connectivity index (χ1) is 9.09. The van der Waals surface area contributed by atoms with E-state index in [0.717, 1.165) is 37.2 Å². The molecule has 1 aromatic carbocycles. The van der Waals surface area contributed by atoms with E-state index < -0.39 is 0 Å². The first-order valence-corrected chi connectivity index (χ1v) is 6.85. The maximum absolute atomic E-state index is 12.5. The van der Waals surface area contributed by atoms with Gasteiger partial charge in [0.2, 0.25) is 0 Å². The molecule has 1 amide bonds. The highest BCUT2D eigenvalue weighted by Crippen LogP contribution is 2.17. The summed E-state index contributed by atoms with van der Waals surface area (Å²) in [4.78, 5) is 16.4. The van der Waals surface area contributed by atoms with E-state index in [2.05, 4.69) is 5.32 Å². The molecule has 1 heterocycles. The summed E-state index contributed by atoms with van der Waals surface area (Å²) in [5, 5.41) is 3.33. The molecule has 4 nitrogen and oxygen atoms in total. The van der Waals surface area contributed by atoms with Crippen molar-refractivity contribution in [1.82, 2.24) is 10.2 Å². The van der Waals surface area contributed by atoms with Gasteiger partial charge in [-0.2, -0.15) is 0 Å². The molecule has 0 spiro atoms. The third-order valence-corrected chi connectivity index (χ3v) is 3.79. The Morgan fingerprint density at radius 3 is 2.53 bits per heavy atom. The van der Waals surface area contributed by atoms with Crippen molar-refractivity contribution in [2.75, 3.05) is 39.1 Å². The predicted octanol–water partition coefficient (Wildman–Crippen LogP) is 1.58. The van der Waals surface area contributed by atoms with Gasteiger partial charge in [-0.25, -0.2) is 0 Å². The van der Waals surface area contributed by atoms with Crippen LogP contribution in [0.1, 0.15) is 23.2 Å². The lowest BCUT2D eigenvalue weighted by atomic mass is 10.0. The van der Waals surface area contributed by atoms with Crippen LogP contribution in [0, 0.1) is 0 Å². The number of anilines is 1. The molecule has 4 heteroatoms. The molecule has 19 heavy (non-hydrogen) atoms. The van der Waals surface area contributed by atoms with Gasteiger partial charge < -0.3 is 15.1 Å². The van der Waals surface area contributed by atoms with Crippen molar-refractivity contribution in [3.05, 3.63) is 29.8 Å². The summed E-state index contributed by atoms with van der Waals surface area (Å²) >= 11 is 0. The zero-order chi connectivity index (χ0) is 13.8.